The molecular formula is C19H20N6O2. The summed E-state index contributed by atoms with van der Waals surface area (Å²) in [5.74, 6) is -0.245. The van der Waals surface area contributed by atoms with E-state index in [4.69, 9.17) is 0 Å². The molecule has 0 saturated carbocycles. The number of carbonyl (C=O) groups is 2. The van der Waals surface area contributed by atoms with Gasteiger partial charge in [0.1, 0.15) is 6.33 Å². The van der Waals surface area contributed by atoms with Crippen molar-refractivity contribution in [2.45, 2.75) is 26.8 Å². The molecule has 0 aliphatic carbocycles. The average molecular weight is 364 g/mol. The number of anilines is 2. The highest BCUT2D eigenvalue weighted by atomic mass is 16.2. The van der Waals surface area contributed by atoms with Gasteiger partial charge in [0.15, 0.2) is 0 Å². The van der Waals surface area contributed by atoms with Crippen molar-refractivity contribution in [1.82, 2.24) is 20.2 Å². The van der Waals surface area contributed by atoms with Gasteiger partial charge in [0.05, 0.1) is 6.54 Å². The molecule has 8 heteroatoms. The molecule has 3 rings (SSSR count). The summed E-state index contributed by atoms with van der Waals surface area (Å²) in [7, 11) is 0. The van der Waals surface area contributed by atoms with Crippen molar-refractivity contribution < 1.29 is 9.59 Å². The lowest BCUT2D eigenvalue weighted by molar-refractivity contribution is -0.115. The molecule has 2 aromatic carbocycles. The van der Waals surface area contributed by atoms with E-state index in [-0.39, 0.29) is 11.8 Å². The van der Waals surface area contributed by atoms with Crippen molar-refractivity contribution in [1.29, 1.82) is 0 Å². The number of carbonyl (C=O) groups excluding carboxylic acids is 2. The number of hydrogen-bond acceptors (Lipinski definition) is 5. The van der Waals surface area contributed by atoms with Gasteiger partial charge in [-0.3, -0.25) is 9.59 Å². The highest BCUT2D eigenvalue weighted by Gasteiger charge is 2.09. The number of aryl methyl sites for hydroxylation is 1. The Morgan fingerprint density at radius 2 is 1.85 bits per heavy atom. The minimum absolute atomic E-state index is 0.0482. The Morgan fingerprint density at radius 1 is 1.07 bits per heavy atom. The molecule has 0 bridgehead atoms. The van der Waals surface area contributed by atoms with E-state index in [0.29, 0.717) is 29.9 Å². The highest BCUT2D eigenvalue weighted by molar-refractivity contribution is 6.04. The third-order valence-electron chi connectivity index (χ3n) is 4.03. The Kier molecular flexibility index (Phi) is 5.55. The molecule has 0 aliphatic rings. The quantitative estimate of drug-likeness (QED) is 0.700. The van der Waals surface area contributed by atoms with Crippen molar-refractivity contribution >= 4 is 23.2 Å². The topological polar surface area (TPSA) is 102 Å². The van der Waals surface area contributed by atoms with E-state index >= 15 is 0 Å². The Balaban J connectivity index is 1.65. The van der Waals surface area contributed by atoms with Crippen LogP contribution in [0, 0.1) is 6.92 Å². The van der Waals surface area contributed by atoms with Crippen LogP contribution in [0.5, 0.6) is 0 Å². The number of nitrogens with zero attached hydrogens (tertiary/aromatic N) is 4. The number of tetrazole rings is 1. The minimum atomic E-state index is -0.197. The van der Waals surface area contributed by atoms with Crippen molar-refractivity contribution in [3.8, 4) is 0 Å². The van der Waals surface area contributed by atoms with Gasteiger partial charge in [-0.05, 0) is 58.8 Å². The van der Waals surface area contributed by atoms with Gasteiger partial charge in [-0.15, -0.1) is 5.10 Å². The first-order valence-electron chi connectivity index (χ1n) is 8.56. The smallest absolute Gasteiger partial charge is 0.255 e. The molecule has 0 unspecified atom stereocenters. The largest absolute Gasteiger partial charge is 0.326 e. The molecule has 0 spiro atoms. The number of aromatic nitrogens is 4. The fraction of sp³-hybridized carbons (Fsp3) is 0.211. The maximum absolute atomic E-state index is 12.5. The molecule has 1 aromatic heterocycles. The van der Waals surface area contributed by atoms with Gasteiger partial charge in [-0.2, -0.15) is 0 Å². The average Bonchev–Trinajstić information content (AvgIpc) is 3.17. The zero-order valence-corrected chi connectivity index (χ0v) is 15.1. The van der Waals surface area contributed by atoms with E-state index in [1.807, 2.05) is 25.1 Å². The van der Waals surface area contributed by atoms with Gasteiger partial charge in [0.25, 0.3) is 5.91 Å². The van der Waals surface area contributed by atoms with Gasteiger partial charge < -0.3 is 10.6 Å². The molecule has 8 nitrogen and oxygen atoms in total. The lowest BCUT2D eigenvalue weighted by Gasteiger charge is -2.11. The van der Waals surface area contributed by atoms with Gasteiger partial charge in [-0.1, -0.05) is 19.1 Å². The Hall–Kier alpha value is -3.55. The predicted molar refractivity (Wildman–Crippen MR) is 101 cm³/mol. The Bertz CT molecular complexity index is 935. The van der Waals surface area contributed by atoms with E-state index in [1.165, 1.54) is 6.33 Å². The lowest BCUT2D eigenvalue weighted by Crippen LogP contribution is -2.14. The Morgan fingerprint density at radius 3 is 2.48 bits per heavy atom. The number of nitrogens with one attached hydrogen (secondary N) is 2. The SMILES string of the molecule is CCC(=O)Nc1ccc(NC(=O)c2ccc(Cn3cnnn3)cc2)c(C)c1. The maximum Gasteiger partial charge on any atom is 0.255 e. The molecule has 0 aliphatic heterocycles. The summed E-state index contributed by atoms with van der Waals surface area (Å²) in [6.45, 7) is 4.22. The van der Waals surface area contributed by atoms with Crippen LogP contribution >= 0.6 is 0 Å². The van der Waals surface area contributed by atoms with E-state index in [2.05, 4.69) is 26.2 Å². The van der Waals surface area contributed by atoms with E-state index in [9.17, 15) is 9.59 Å². The highest BCUT2D eigenvalue weighted by Crippen LogP contribution is 2.21. The number of hydrogen-bond donors (Lipinski definition) is 2. The third-order valence-corrected chi connectivity index (χ3v) is 4.03. The fourth-order valence-electron chi connectivity index (χ4n) is 2.53. The third kappa shape index (κ3) is 4.75. The second kappa shape index (κ2) is 8.22. The summed E-state index contributed by atoms with van der Waals surface area (Å²) in [6, 6.07) is 12.6. The second-order valence-electron chi connectivity index (χ2n) is 6.09. The van der Waals surface area contributed by atoms with Crippen LogP contribution in [0.1, 0.15) is 34.8 Å². The molecular weight excluding hydrogens is 344 g/mol. The van der Waals surface area contributed by atoms with Crippen LogP contribution in [0.15, 0.2) is 48.8 Å². The normalized spacial score (nSPS) is 10.4. The first kappa shape index (κ1) is 18.2. The van der Waals surface area contributed by atoms with Crippen LogP contribution < -0.4 is 10.6 Å². The van der Waals surface area contributed by atoms with E-state index in [1.54, 1.807) is 35.9 Å². The molecule has 0 fully saturated rings. The predicted octanol–water partition coefficient (Wildman–Crippen LogP) is 2.63. The molecule has 1 heterocycles. The van der Waals surface area contributed by atoms with Crippen molar-refractivity contribution in [2.24, 2.45) is 0 Å². The molecule has 3 aromatic rings. The lowest BCUT2D eigenvalue weighted by atomic mass is 10.1. The van der Waals surface area contributed by atoms with Gasteiger partial charge >= 0.3 is 0 Å². The Labute approximate surface area is 156 Å². The molecule has 0 radical (unpaired) electrons. The van der Waals surface area contributed by atoms with Crippen LogP contribution in [-0.2, 0) is 11.3 Å². The first-order valence-corrected chi connectivity index (χ1v) is 8.56. The van der Waals surface area contributed by atoms with Crippen LogP contribution in [0.25, 0.3) is 0 Å². The summed E-state index contributed by atoms with van der Waals surface area (Å²) in [5.41, 5.74) is 3.83. The van der Waals surface area contributed by atoms with Crippen LogP contribution in [-0.4, -0.2) is 32.0 Å². The minimum Gasteiger partial charge on any atom is -0.326 e. The van der Waals surface area contributed by atoms with E-state index < -0.39 is 0 Å². The second-order valence-corrected chi connectivity index (χ2v) is 6.09. The fourth-order valence-corrected chi connectivity index (χ4v) is 2.53. The molecule has 2 amide bonds. The van der Waals surface area contributed by atoms with E-state index in [0.717, 1.165) is 11.1 Å². The van der Waals surface area contributed by atoms with Gasteiger partial charge in [0, 0.05) is 23.4 Å². The summed E-state index contributed by atoms with van der Waals surface area (Å²) < 4.78 is 1.61. The van der Waals surface area contributed by atoms with Gasteiger partial charge in [-0.25, -0.2) is 4.68 Å². The van der Waals surface area contributed by atoms with Crippen molar-refractivity contribution in [3.63, 3.8) is 0 Å². The standard InChI is InChI=1S/C19H20N6O2/c1-3-18(26)21-16-8-9-17(13(2)10-16)22-19(27)15-6-4-14(5-7-15)11-25-12-20-23-24-25/h4-10,12H,3,11H2,1-2H3,(H,21,26)(H,22,27). The summed E-state index contributed by atoms with van der Waals surface area (Å²) in [5, 5.41) is 16.7. The molecule has 2 N–H and O–H groups in total. The maximum atomic E-state index is 12.5. The van der Waals surface area contributed by atoms with Crippen LogP contribution in [0.2, 0.25) is 0 Å². The number of rotatable bonds is 6. The zero-order chi connectivity index (χ0) is 19.2. The molecule has 0 atom stereocenters. The molecule has 27 heavy (non-hydrogen) atoms. The summed E-state index contributed by atoms with van der Waals surface area (Å²) in [6.07, 6.45) is 1.96. The molecule has 0 saturated heterocycles. The van der Waals surface area contributed by atoms with Crippen molar-refractivity contribution in [2.75, 3.05) is 10.6 Å². The summed E-state index contributed by atoms with van der Waals surface area (Å²) in [4.78, 5) is 24.0. The van der Waals surface area contributed by atoms with Crippen LogP contribution in [0.4, 0.5) is 11.4 Å². The molecule has 138 valence electrons. The van der Waals surface area contributed by atoms with Gasteiger partial charge in [0.2, 0.25) is 5.91 Å². The monoisotopic (exact) mass is 364 g/mol. The first-order chi connectivity index (χ1) is 13.0. The zero-order valence-electron chi connectivity index (χ0n) is 15.1. The van der Waals surface area contributed by atoms with Crippen LogP contribution in [0.3, 0.4) is 0 Å². The number of amides is 2. The summed E-state index contributed by atoms with van der Waals surface area (Å²) >= 11 is 0. The van der Waals surface area contributed by atoms with Crippen molar-refractivity contribution in [3.05, 3.63) is 65.5 Å². The number of benzene rings is 2.